The molecular weight excluding hydrogens is 294 g/mol. The first-order valence-corrected chi connectivity index (χ1v) is 7.71. The summed E-state index contributed by atoms with van der Waals surface area (Å²) in [5, 5.41) is 11.3. The largest absolute Gasteiger partial charge is 0.469 e. The number of fused-ring (bicyclic) bond motifs is 1. The van der Waals surface area contributed by atoms with Gasteiger partial charge in [0.15, 0.2) is 0 Å². The van der Waals surface area contributed by atoms with Crippen molar-refractivity contribution in [1.82, 2.24) is 15.8 Å². The van der Waals surface area contributed by atoms with E-state index >= 15 is 0 Å². The number of pyridine rings is 1. The fraction of sp³-hybridized carbons (Fsp3) is 0.412. The van der Waals surface area contributed by atoms with Crippen molar-refractivity contribution in [1.29, 1.82) is 0 Å². The number of methoxy groups -OCH3 is 1. The van der Waals surface area contributed by atoms with E-state index < -0.39 is 6.23 Å². The highest BCUT2D eigenvalue weighted by Gasteiger charge is 2.39. The molecule has 1 aliphatic heterocycles. The van der Waals surface area contributed by atoms with Crippen LogP contribution in [0.4, 0.5) is 0 Å². The van der Waals surface area contributed by atoms with E-state index in [4.69, 9.17) is 4.74 Å². The maximum absolute atomic E-state index is 11.9. The van der Waals surface area contributed by atoms with Crippen LogP contribution in [0.3, 0.4) is 0 Å². The molecule has 3 rings (SSSR count). The molecule has 2 heterocycles. The van der Waals surface area contributed by atoms with Crippen LogP contribution in [0.5, 0.6) is 0 Å². The predicted molar refractivity (Wildman–Crippen MR) is 86.3 cm³/mol. The van der Waals surface area contributed by atoms with Crippen LogP contribution in [0.1, 0.15) is 24.8 Å². The molecule has 0 saturated carbocycles. The molecule has 0 aliphatic carbocycles. The molecule has 1 aromatic heterocycles. The fourth-order valence-electron chi connectivity index (χ4n) is 3.31. The third-order valence-electron chi connectivity index (χ3n) is 4.53. The van der Waals surface area contributed by atoms with Crippen LogP contribution in [0.25, 0.3) is 10.9 Å². The lowest BCUT2D eigenvalue weighted by atomic mass is 9.79. The first-order chi connectivity index (χ1) is 11.1. The molecule has 0 radical (unpaired) electrons. The van der Waals surface area contributed by atoms with E-state index in [-0.39, 0.29) is 30.3 Å². The molecule has 4 unspecified atom stereocenters. The summed E-state index contributed by atoms with van der Waals surface area (Å²) in [4.78, 5) is 16.2. The predicted octanol–water partition coefficient (Wildman–Crippen LogP) is 1.31. The normalized spacial score (nSPS) is 25.4. The third kappa shape index (κ3) is 3.19. The van der Waals surface area contributed by atoms with Gasteiger partial charge in [-0.3, -0.25) is 15.2 Å². The minimum absolute atomic E-state index is 0.0317. The van der Waals surface area contributed by atoms with Gasteiger partial charge in [0.05, 0.1) is 19.0 Å². The number of aliphatic hydroxyl groups excluding tert-OH is 1. The molecular formula is C17H21N3O3. The summed E-state index contributed by atoms with van der Waals surface area (Å²) in [7, 11) is 1.38. The van der Waals surface area contributed by atoms with Crippen molar-refractivity contribution >= 4 is 16.9 Å². The molecule has 2 aromatic rings. The molecule has 0 spiro atoms. The van der Waals surface area contributed by atoms with Crippen LogP contribution < -0.4 is 10.9 Å². The third-order valence-corrected chi connectivity index (χ3v) is 4.53. The van der Waals surface area contributed by atoms with Crippen molar-refractivity contribution in [3.8, 4) is 0 Å². The van der Waals surface area contributed by atoms with Gasteiger partial charge in [-0.15, -0.1) is 0 Å². The number of nitrogens with zero attached hydrogens (tertiary/aromatic N) is 1. The highest BCUT2D eigenvalue weighted by atomic mass is 16.5. The van der Waals surface area contributed by atoms with E-state index in [1.165, 1.54) is 7.11 Å². The van der Waals surface area contributed by atoms with Crippen molar-refractivity contribution in [2.45, 2.75) is 31.5 Å². The summed E-state index contributed by atoms with van der Waals surface area (Å²) in [6.45, 7) is 1.99. The number of carbonyl (C=O) groups excluding carboxylic acids is 1. The average Bonchev–Trinajstić information content (AvgIpc) is 2.90. The van der Waals surface area contributed by atoms with Gasteiger partial charge in [0.2, 0.25) is 0 Å². The Morgan fingerprint density at radius 2 is 2.22 bits per heavy atom. The summed E-state index contributed by atoms with van der Waals surface area (Å²) >= 11 is 0. The Labute approximate surface area is 134 Å². The number of ether oxygens (including phenoxy) is 1. The number of benzene rings is 1. The Balaban J connectivity index is 2.00. The first-order valence-electron chi connectivity index (χ1n) is 7.71. The molecule has 1 fully saturated rings. The smallest absolute Gasteiger partial charge is 0.306 e. The summed E-state index contributed by atoms with van der Waals surface area (Å²) in [6, 6.07) is 9.86. The SMILES string of the molecule is COC(=O)CC(c1ccc2ncccc2c1)C1C(C)NNC1O. The second-order valence-electron chi connectivity index (χ2n) is 5.94. The first kappa shape index (κ1) is 15.9. The second-order valence-corrected chi connectivity index (χ2v) is 5.94. The Hall–Kier alpha value is -2.02. The quantitative estimate of drug-likeness (QED) is 0.738. The summed E-state index contributed by atoms with van der Waals surface area (Å²) < 4.78 is 4.85. The lowest BCUT2D eigenvalue weighted by Crippen LogP contribution is -2.33. The Kier molecular flexibility index (Phi) is 4.56. The number of aromatic nitrogens is 1. The van der Waals surface area contributed by atoms with Gasteiger partial charge in [-0.05, 0) is 30.7 Å². The molecule has 1 saturated heterocycles. The zero-order chi connectivity index (χ0) is 16.4. The minimum atomic E-state index is -0.718. The Morgan fingerprint density at radius 1 is 1.39 bits per heavy atom. The molecule has 6 heteroatoms. The van der Waals surface area contributed by atoms with Crippen LogP contribution in [0, 0.1) is 5.92 Å². The van der Waals surface area contributed by atoms with Gasteiger partial charge in [0.25, 0.3) is 0 Å². The number of hydrogen-bond donors (Lipinski definition) is 3. The average molecular weight is 315 g/mol. The van der Waals surface area contributed by atoms with Gasteiger partial charge in [-0.2, -0.15) is 0 Å². The topological polar surface area (TPSA) is 83.5 Å². The van der Waals surface area contributed by atoms with Gasteiger partial charge in [0.1, 0.15) is 6.23 Å². The van der Waals surface area contributed by atoms with Gasteiger partial charge >= 0.3 is 5.97 Å². The molecule has 1 aliphatic rings. The Morgan fingerprint density at radius 3 is 2.91 bits per heavy atom. The van der Waals surface area contributed by atoms with Crippen LogP contribution in [-0.2, 0) is 9.53 Å². The fourth-order valence-corrected chi connectivity index (χ4v) is 3.31. The number of hydrazine groups is 1. The molecule has 3 N–H and O–H groups in total. The number of aliphatic hydroxyl groups is 1. The minimum Gasteiger partial charge on any atom is -0.469 e. The number of esters is 1. The van der Waals surface area contributed by atoms with E-state index in [1.54, 1.807) is 6.20 Å². The highest BCUT2D eigenvalue weighted by molar-refractivity contribution is 5.79. The standard InChI is InChI=1S/C17H21N3O3/c1-10-16(17(22)20-19-10)13(9-15(21)23-2)11-5-6-14-12(8-11)4-3-7-18-14/h3-8,10,13,16-17,19-20,22H,9H2,1-2H3. The van der Waals surface area contributed by atoms with E-state index in [0.717, 1.165) is 16.5 Å². The lowest BCUT2D eigenvalue weighted by Gasteiger charge is -2.27. The van der Waals surface area contributed by atoms with Crippen molar-refractivity contribution in [3.05, 3.63) is 42.1 Å². The van der Waals surface area contributed by atoms with Crippen molar-refractivity contribution in [3.63, 3.8) is 0 Å². The maximum Gasteiger partial charge on any atom is 0.306 e. The number of nitrogens with one attached hydrogen (secondary N) is 2. The highest BCUT2D eigenvalue weighted by Crippen LogP contribution is 2.35. The second kappa shape index (κ2) is 6.62. The molecule has 0 amide bonds. The lowest BCUT2D eigenvalue weighted by molar-refractivity contribution is -0.141. The van der Waals surface area contributed by atoms with E-state index in [2.05, 4.69) is 15.8 Å². The molecule has 23 heavy (non-hydrogen) atoms. The molecule has 0 bridgehead atoms. The van der Waals surface area contributed by atoms with Crippen molar-refractivity contribution in [2.24, 2.45) is 5.92 Å². The van der Waals surface area contributed by atoms with Gasteiger partial charge < -0.3 is 9.84 Å². The van der Waals surface area contributed by atoms with Crippen molar-refractivity contribution in [2.75, 3.05) is 7.11 Å². The van der Waals surface area contributed by atoms with Crippen LogP contribution in [-0.4, -0.2) is 35.4 Å². The summed E-state index contributed by atoms with van der Waals surface area (Å²) in [6.07, 6.45) is 1.26. The molecule has 6 nitrogen and oxygen atoms in total. The monoisotopic (exact) mass is 315 g/mol. The van der Waals surface area contributed by atoms with Crippen LogP contribution in [0.15, 0.2) is 36.5 Å². The number of rotatable bonds is 4. The van der Waals surface area contributed by atoms with Crippen LogP contribution >= 0.6 is 0 Å². The van der Waals surface area contributed by atoms with E-state index in [9.17, 15) is 9.90 Å². The zero-order valence-corrected chi connectivity index (χ0v) is 13.2. The summed E-state index contributed by atoms with van der Waals surface area (Å²) in [5.74, 6) is -0.574. The molecule has 122 valence electrons. The number of hydrogen-bond acceptors (Lipinski definition) is 6. The molecule has 4 atom stereocenters. The maximum atomic E-state index is 11.9. The van der Waals surface area contributed by atoms with Crippen molar-refractivity contribution < 1.29 is 14.6 Å². The van der Waals surface area contributed by atoms with E-state index in [1.807, 2.05) is 37.3 Å². The van der Waals surface area contributed by atoms with Crippen LogP contribution in [0.2, 0.25) is 0 Å². The van der Waals surface area contributed by atoms with E-state index in [0.29, 0.717) is 0 Å². The Bertz CT molecular complexity index is 696. The van der Waals surface area contributed by atoms with Gasteiger partial charge in [0, 0.05) is 29.5 Å². The molecule has 1 aromatic carbocycles. The number of carbonyl (C=O) groups is 1. The summed E-state index contributed by atoms with van der Waals surface area (Å²) in [5.41, 5.74) is 7.78. The zero-order valence-electron chi connectivity index (χ0n) is 13.2. The van der Waals surface area contributed by atoms with Gasteiger partial charge in [-0.25, -0.2) is 5.43 Å². The van der Waals surface area contributed by atoms with Gasteiger partial charge in [-0.1, -0.05) is 12.1 Å².